The predicted octanol–water partition coefficient (Wildman–Crippen LogP) is 1.59. The van der Waals surface area contributed by atoms with Gasteiger partial charge in [-0.1, -0.05) is 23.7 Å². The average molecular weight is 269 g/mol. The molecular formula is C13H17ClN2O2. The second-order valence-corrected chi connectivity index (χ2v) is 4.53. The number of nitrogens with zero attached hydrogens (tertiary/aromatic N) is 1. The first-order valence-electron chi connectivity index (χ1n) is 5.71. The maximum Gasteiger partial charge on any atom is 0.221 e. The summed E-state index contributed by atoms with van der Waals surface area (Å²) in [6.07, 6.45) is 0.385. The van der Waals surface area contributed by atoms with Crippen molar-refractivity contribution in [2.24, 2.45) is 0 Å². The Morgan fingerprint density at radius 3 is 2.72 bits per heavy atom. The van der Waals surface area contributed by atoms with E-state index in [4.69, 9.17) is 11.6 Å². The number of likely N-dealkylation sites (N-methyl/N-ethyl adjacent to an activating group) is 1. The first-order chi connectivity index (χ1) is 8.52. The van der Waals surface area contributed by atoms with E-state index in [0.717, 1.165) is 0 Å². The van der Waals surface area contributed by atoms with Crippen molar-refractivity contribution in [1.29, 1.82) is 0 Å². The van der Waals surface area contributed by atoms with Crippen molar-refractivity contribution < 1.29 is 9.59 Å². The zero-order chi connectivity index (χ0) is 13.5. The molecule has 5 heteroatoms. The summed E-state index contributed by atoms with van der Waals surface area (Å²) in [5.41, 5.74) is 0.592. The van der Waals surface area contributed by atoms with Gasteiger partial charge in [0, 0.05) is 30.6 Å². The number of hydrogen-bond acceptors (Lipinski definition) is 3. The zero-order valence-electron chi connectivity index (χ0n) is 10.6. The molecule has 0 atom stereocenters. The number of ketones is 1. The standard InChI is InChI=1S/C13H17ClN2O2/c1-15-13(18)6-7-16(2)9-12(17)10-4-3-5-11(14)8-10/h3-5,8H,6-7,9H2,1-2H3,(H,15,18). The molecule has 1 rings (SSSR count). The fourth-order valence-corrected chi connectivity index (χ4v) is 1.69. The van der Waals surface area contributed by atoms with Crippen LogP contribution < -0.4 is 5.32 Å². The Morgan fingerprint density at radius 2 is 2.11 bits per heavy atom. The van der Waals surface area contributed by atoms with Crippen molar-refractivity contribution in [3.63, 3.8) is 0 Å². The van der Waals surface area contributed by atoms with Crippen LogP contribution in [0.3, 0.4) is 0 Å². The normalized spacial score (nSPS) is 10.4. The van der Waals surface area contributed by atoms with Crippen molar-refractivity contribution in [2.45, 2.75) is 6.42 Å². The van der Waals surface area contributed by atoms with Crippen LogP contribution >= 0.6 is 11.6 Å². The molecule has 0 aliphatic rings. The van der Waals surface area contributed by atoms with Gasteiger partial charge in [-0.25, -0.2) is 0 Å². The topological polar surface area (TPSA) is 49.4 Å². The molecule has 1 aromatic carbocycles. The lowest BCUT2D eigenvalue weighted by Crippen LogP contribution is -2.30. The first kappa shape index (κ1) is 14.7. The molecule has 0 fully saturated rings. The van der Waals surface area contributed by atoms with Gasteiger partial charge in [0.05, 0.1) is 6.54 Å². The lowest BCUT2D eigenvalue weighted by molar-refractivity contribution is -0.120. The van der Waals surface area contributed by atoms with Gasteiger partial charge < -0.3 is 5.32 Å². The largest absolute Gasteiger partial charge is 0.359 e. The Morgan fingerprint density at radius 1 is 1.39 bits per heavy atom. The molecule has 0 saturated carbocycles. The zero-order valence-corrected chi connectivity index (χ0v) is 11.3. The van der Waals surface area contributed by atoms with Crippen LogP contribution in [0.15, 0.2) is 24.3 Å². The van der Waals surface area contributed by atoms with Gasteiger partial charge >= 0.3 is 0 Å². The Balaban J connectivity index is 2.47. The highest BCUT2D eigenvalue weighted by molar-refractivity contribution is 6.31. The summed E-state index contributed by atoms with van der Waals surface area (Å²) >= 11 is 5.83. The van der Waals surface area contributed by atoms with Crippen molar-refractivity contribution in [2.75, 3.05) is 27.2 Å². The summed E-state index contributed by atoms with van der Waals surface area (Å²) in [4.78, 5) is 24.8. The van der Waals surface area contributed by atoms with Gasteiger partial charge in [-0.15, -0.1) is 0 Å². The highest BCUT2D eigenvalue weighted by Crippen LogP contribution is 2.11. The van der Waals surface area contributed by atoms with Crippen molar-refractivity contribution >= 4 is 23.3 Å². The number of benzene rings is 1. The van der Waals surface area contributed by atoms with E-state index >= 15 is 0 Å². The molecule has 0 aliphatic heterocycles. The van der Waals surface area contributed by atoms with E-state index in [1.165, 1.54) is 0 Å². The Labute approximate surface area is 112 Å². The van der Waals surface area contributed by atoms with E-state index in [-0.39, 0.29) is 18.2 Å². The van der Waals surface area contributed by atoms with E-state index in [9.17, 15) is 9.59 Å². The molecule has 0 spiro atoms. The summed E-state index contributed by atoms with van der Waals surface area (Å²) in [6, 6.07) is 6.87. The summed E-state index contributed by atoms with van der Waals surface area (Å²) in [5, 5.41) is 3.09. The number of carbonyl (C=O) groups excluding carboxylic acids is 2. The molecule has 0 unspecified atom stereocenters. The van der Waals surface area contributed by atoms with Gasteiger partial charge in [-0.3, -0.25) is 14.5 Å². The summed E-state index contributed by atoms with van der Waals surface area (Å²) < 4.78 is 0. The lowest BCUT2D eigenvalue weighted by Gasteiger charge is -2.15. The Hall–Kier alpha value is -1.39. The van der Waals surface area contributed by atoms with Gasteiger partial charge in [0.25, 0.3) is 0 Å². The van der Waals surface area contributed by atoms with Crippen LogP contribution in [-0.2, 0) is 4.79 Å². The minimum absolute atomic E-state index is 0.00286. The van der Waals surface area contributed by atoms with Crippen molar-refractivity contribution in [1.82, 2.24) is 10.2 Å². The fourth-order valence-electron chi connectivity index (χ4n) is 1.49. The summed E-state index contributed by atoms with van der Waals surface area (Å²) in [5.74, 6) is -0.0334. The van der Waals surface area contributed by atoms with E-state index in [0.29, 0.717) is 23.6 Å². The van der Waals surface area contributed by atoms with Crippen LogP contribution in [0, 0.1) is 0 Å². The van der Waals surface area contributed by atoms with Crippen LogP contribution in [0.2, 0.25) is 5.02 Å². The number of nitrogens with one attached hydrogen (secondary N) is 1. The number of Topliss-reactive ketones (excluding diaryl/α,β-unsaturated/α-hetero) is 1. The molecule has 1 aromatic rings. The predicted molar refractivity (Wildman–Crippen MR) is 72.0 cm³/mol. The third-order valence-corrected chi connectivity index (χ3v) is 2.79. The molecule has 18 heavy (non-hydrogen) atoms. The summed E-state index contributed by atoms with van der Waals surface area (Å²) in [6.45, 7) is 0.823. The molecule has 0 radical (unpaired) electrons. The number of hydrogen-bond donors (Lipinski definition) is 1. The molecule has 1 amide bonds. The number of carbonyl (C=O) groups is 2. The third-order valence-electron chi connectivity index (χ3n) is 2.56. The quantitative estimate of drug-likeness (QED) is 0.797. The molecular weight excluding hydrogens is 252 g/mol. The molecule has 0 aliphatic carbocycles. The van der Waals surface area contributed by atoms with Gasteiger partial charge in [0.2, 0.25) is 5.91 Å². The van der Waals surface area contributed by atoms with Crippen LogP contribution in [-0.4, -0.2) is 43.8 Å². The molecule has 0 aromatic heterocycles. The monoisotopic (exact) mass is 268 g/mol. The highest BCUT2D eigenvalue weighted by Gasteiger charge is 2.10. The Kier molecular flexibility index (Phi) is 5.82. The molecule has 98 valence electrons. The van der Waals surface area contributed by atoms with Crippen LogP contribution in [0.5, 0.6) is 0 Å². The second-order valence-electron chi connectivity index (χ2n) is 4.09. The van der Waals surface area contributed by atoms with Gasteiger partial charge in [-0.05, 0) is 19.2 Å². The van der Waals surface area contributed by atoms with E-state index in [1.807, 2.05) is 11.9 Å². The van der Waals surface area contributed by atoms with E-state index in [1.54, 1.807) is 31.3 Å². The number of amides is 1. The minimum atomic E-state index is -0.0305. The minimum Gasteiger partial charge on any atom is -0.359 e. The molecule has 0 bridgehead atoms. The van der Waals surface area contributed by atoms with Crippen molar-refractivity contribution in [3.05, 3.63) is 34.9 Å². The van der Waals surface area contributed by atoms with Crippen LogP contribution in [0.25, 0.3) is 0 Å². The third kappa shape index (κ3) is 4.85. The summed E-state index contributed by atoms with van der Waals surface area (Å²) in [7, 11) is 3.41. The number of halogens is 1. The molecule has 4 nitrogen and oxygen atoms in total. The van der Waals surface area contributed by atoms with Gasteiger partial charge in [0.15, 0.2) is 5.78 Å². The van der Waals surface area contributed by atoms with Crippen LogP contribution in [0.4, 0.5) is 0 Å². The van der Waals surface area contributed by atoms with E-state index < -0.39 is 0 Å². The Bertz CT molecular complexity index is 435. The van der Waals surface area contributed by atoms with Crippen molar-refractivity contribution in [3.8, 4) is 0 Å². The van der Waals surface area contributed by atoms with Gasteiger partial charge in [-0.2, -0.15) is 0 Å². The fraction of sp³-hybridized carbons (Fsp3) is 0.385. The molecule has 1 N–H and O–H groups in total. The SMILES string of the molecule is CNC(=O)CCN(C)CC(=O)c1cccc(Cl)c1. The first-order valence-corrected chi connectivity index (χ1v) is 6.08. The molecule has 0 heterocycles. The molecule has 0 saturated heterocycles. The van der Waals surface area contributed by atoms with Gasteiger partial charge in [0.1, 0.15) is 0 Å². The van der Waals surface area contributed by atoms with E-state index in [2.05, 4.69) is 5.32 Å². The van der Waals surface area contributed by atoms with Crippen LogP contribution in [0.1, 0.15) is 16.8 Å². The lowest BCUT2D eigenvalue weighted by atomic mass is 10.1. The highest BCUT2D eigenvalue weighted by atomic mass is 35.5. The maximum absolute atomic E-state index is 11.9. The smallest absolute Gasteiger partial charge is 0.221 e. The average Bonchev–Trinajstić information content (AvgIpc) is 2.35. The second kappa shape index (κ2) is 7.13. The maximum atomic E-state index is 11.9. The number of rotatable bonds is 6.